The number of hydrogen-bond donors (Lipinski definition) is 3. The standard InChI is InChI=1S/C26H34FN7O2/c1-17-11-21(25-30-31-32-33(25)3)14-23(12-17)29-26(36)28-18(2)24(35)16-34-10-4-5-20(15-34)13-19-6-8-22(27)9-7-19/h6-9,11-12,14,18,20,24,35H,4-5,10,13,15-16H2,1-3H3,(H2,28,29,36). The van der Waals surface area contributed by atoms with Gasteiger partial charge in [-0.15, -0.1) is 5.10 Å². The third-order valence-electron chi connectivity index (χ3n) is 6.64. The molecule has 1 saturated heterocycles. The first kappa shape index (κ1) is 25.7. The van der Waals surface area contributed by atoms with E-state index in [1.165, 1.54) is 12.1 Å². The Morgan fingerprint density at radius 3 is 2.75 bits per heavy atom. The van der Waals surface area contributed by atoms with Gasteiger partial charge in [0.05, 0.1) is 12.1 Å². The van der Waals surface area contributed by atoms with Crippen molar-refractivity contribution in [3.63, 3.8) is 0 Å². The van der Waals surface area contributed by atoms with E-state index >= 15 is 0 Å². The van der Waals surface area contributed by atoms with E-state index in [1.54, 1.807) is 18.7 Å². The zero-order valence-electron chi connectivity index (χ0n) is 21.0. The summed E-state index contributed by atoms with van der Waals surface area (Å²) in [4.78, 5) is 14.9. The van der Waals surface area contributed by atoms with Crippen molar-refractivity contribution in [2.75, 3.05) is 25.0 Å². The molecule has 0 aliphatic carbocycles. The van der Waals surface area contributed by atoms with Gasteiger partial charge in [-0.3, -0.25) is 0 Å². The smallest absolute Gasteiger partial charge is 0.319 e. The SMILES string of the molecule is Cc1cc(NC(=O)NC(C)C(O)CN2CCCC(Cc3ccc(F)cc3)C2)cc(-c2nnnn2C)c1. The molecule has 9 nitrogen and oxygen atoms in total. The Bertz CT molecular complexity index is 1170. The number of likely N-dealkylation sites (tertiary alicyclic amines) is 1. The number of nitrogens with one attached hydrogen (secondary N) is 2. The number of carbonyl (C=O) groups is 1. The molecule has 3 unspecified atom stereocenters. The fraction of sp³-hybridized carbons (Fsp3) is 0.462. The average molecular weight is 496 g/mol. The lowest BCUT2D eigenvalue weighted by Gasteiger charge is -2.35. The molecule has 3 N–H and O–H groups in total. The molecule has 1 aliphatic heterocycles. The topological polar surface area (TPSA) is 108 Å². The number of rotatable bonds is 8. The van der Waals surface area contributed by atoms with E-state index in [0.717, 1.165) is 49.0 Å². The van der Waals surface area contributed by atoms with Crippen LogP contribution in [-0.4, -0.2) is 68.0 Å². The van der Waals surface area contributed by atoms with Crippen molar-refractivity contribution >= 4 is 11.7 Å². The number of piperidine rings is 1. The van der Waals surface area contributed by atoms with Gasteiger partial charge in [0.1, 0.15) is 5.82 Å². The number of aliphatic hydroxyl groups is 1. The third-order valence-corrected chi connectivity index (χ3v) is 6.64. The number of amides is 2. The van der Waals surface area contributed by atoms with Crippen molar-refractivity contribution < 1.29 is 14.3 Å². The number of tetrazole rings is 1. The van der Waals surface area contributed by atoms with Crippen LogP contribution in [0.15, 0.2) is 42.5 Å². The zero-order valence-corrected chi connectivity index (χ0v) is 21.0. The summed E-state index contributed by atoms with van der Waals surface area (Å²) in [5, 5.41) is 28.0. The molecule has 3 atom stereocenters. The summed E-state index contributed by atoms with van der Waals surface area (Å²) >= 11 is 0. The highest BCUT2D eigenvalue weighted by Crippen LogP contribution is 2.23. The lowest BCUT2D eigenvalue weighted by Crippen LogP contribution is -2.49. The van der Waals surface area contributed by atoms with Gasteiger partial charge in [0.15, 0.2) is 5.82 Å². The van der Waals surface area contributed by atoms with E-state index in [2.05, 4.69) is 31.1 Å². The fourth-order valence-electron chi connectivity index (χ4n) is 4.79. The minimum Gasteiger partial charge on any atom is -0.390 e. The van der Waals surface area contributed by atoms with Crippen LogP contribution >= 0.6 is 0 Å². The number of aryl methyl sites for hydroxylation is 2. The van der Waals surface area contributed by atoms with Gasteiger partial charge in [-0.1, -0.05) is 12.1 Å². The molecule has 2 aromatic carbocycles. The van der Waals surface area contributed by atoms with Gasteiger partial charge in [-0.25, -0.2) is 13.9 Å². The Balaban J connectivity index is 1.28. The summed E-state index contributed by atoms with van der Waals surface area (Å²) in [6.07, 6.45) is 2.35. The van der Waals surface area contributed by atoms with Crippen LogP contribution in [0.2, 0.25) is 0 Å². The minimum absolute atomic E-state index is 0.219. The molecular formula is C26H34FN7O2. The van der Waals surface area contributed by atoms with Gasteiger partial charge < -0.3 is 20.6 Å². The number of anilines is 1. The first-order valence-electron chi connectivity index (χ1n) is 12.3. The normalized spacial score (nSPS) is 18.0. The highest BCUT2D eigenvalue weighted by molar-refractivity contribution is 5.90. The summed E-state index contributed by atoms with van der Waals surface area (Å²) in [5.74, 6) is 0.844. The monoisotopic (exact) mass is 495 g/mol. The van der Waals surface area contributed by atoms with Crippen molar-refractivity contribution in [3.8, 4) is 11.4 Å². The van der Waals surface area contributed by atoms with Crippen molar-refractivity contribution in [2.24, 2.45) is 13.0 Å². The summed E-state index contributed by atoms with van der Waals surface area (Å²) in [5.41, 5.74) is 3.50. The maximum Gasteiger partial charge on any atom is 0.319 e. The van der Waals surface area contributed by atoms with Crippen LogP contribution in [0, 0.1) is 18.7 Å². The van der Waals surface area contributed by atoms with E-state index in [-0.39, 0.29) is 11.8 Å². The molecule has 0 bridgehead atoms. The molecule has 36 heavy (non-hydrogen) atoms. The van der Waals surface area contributed by atoms with E-state index in [0.29, 0.717) is 24.0 Å². The first-order chi connectivity index (χ1) is 17.3. The lowest BCUT2D eigenvalue weighted by molar-refractivity contribution is 0.0662. The molecule has 4 rings (SSSR count). The number of halogens is 1. The highest BCUT2D eigenvalue weighted by atomic mass is 19.1. The van der Waals surface area contributed by atoms with Crippen LogP contribution in [-0.2, 0) is 13.5 Å². The predicted octanol–water partition coefficient (Wildman–Crippen LogP) is 3.15. The van der Waals surface area contributed by atoms with Crippen molar-refractivity contribution in [1.82, 2.24) is 30.4 Å². The Kier molecular flexibility index (Phi) is 8.27. The van der Waals surface area contributed by atoms with Crippen LogP contribution in [0.25, 0.3) is 11.4 Å². The molecule has 1 fully saturated rings. The van der Waals surface area contributed by atoms with Gasteiger partial charge >= 0.3 is 6.03 Å². The number of benzene rings is 2. The van der Waals surface area contributed by atoms with Gasteiger partial charge in [0.2, 0.25) is 0 Å². The van der Waals surface area contributed by atoms with Crippen LogP contribution in [0.5, 0.6) is 0 Å². The zero-order chi connectivity index (χ0) is 25.7. The number of carbonyl (C=O) groups excluding carboxylic acids is 1. The van der Waals surface area contributed by atoms with Crippen molar-refractivity contribution in [1.29, 1.82) is 0 Å². The number of urea groups is 1. The second-order valence-corrected chi connectivity index (χ2v) is 9.77. The molecule has 1 aromatic heterocycles. The number of nitrogens with zero attached hydrogens (tertiary/aromatic N) is 5. The Morgan fingerprint density at radius 1 is 1.25 bits per heavy atom. The first-order valence-corrected chi connectivity index (χ1v) is 12.3. The van der Waals surface area contributed by atoms with Gasteiger partial charge in [0, 0.05) is 31.4 Å². The van der Waals surface area contributed by atoms with Crippen LogP contribution in [0.3, 0.4) is 0 Å². The van der Waals surface area contributed by atoms with E-state index in [9.17, 15) is 14.3 Å². The van der Waals surface area contributed by atoms with E-state index in [4.69, 9.17) is 0 Å². The number of aromatic nitrogens is 4. The second-order valence-electron chi connectivity index (χ2n) is 9.77. The molecule has 1 aliphatic rings. The van der Waals surface area contributed by atoms with Crippen molar-refractivity contribution in [3.05, 3.63) is 59.4 Å². The summed E-state index contributed by atoms with van der Waals surface area (Å²) in [7, 11) is 1.76. The Morgan fingerprint density at radius 2 is 2.03 bits per heavy atom. The van der Waals surface area contributed by atoms with Gasteiger partial charge in [-0.2, -0.15) is 0 Å². The van der Waals surface area contributed by atoms with E-state index < -0.39 is 12.1 Å². The summed E-state index contributed by atoms with van der Waals surface area (Å²) < 4.78 is 14.8. The Labute approximate surface area is 210 Å². The highest BCUT2D eigenvalue weighted by Gasteiger charge is 2.25. The van der Waals surface area contributed by atoms with E-state index in [1.807, 2.05) is 37.3 Å². The lowest BCUT2D eigenvalue weighted by atomic mass is 9.91. The number of β-amino-alcohol motifs (C(OH)–C–C–N with tert-alkyl or cyclic N) is 1. The molecule has 0 radical (unpaired) electrons. The molecule has 3 aromatic rings. The minimum atomic E-state index is -0.710. The number of aliphatic hydroxyl groups excluding tert-OH is 1. The van der Waals surface area contributed by atoms with Crippen LogP contribution in [0.1, 0.15) is 30.9 Å². The molecule has 0 spiro atoms. The largest absolute Gasteiger partial charge is 0.390 e. The molecule has 2 heterocycles. The summed E-state index contributed by atoms with van der Waals surface area (Å²) in [6, 6.07) is 11.5. The summed E-state index contributed by atoms with van der Waals surface area (Å²) in [6.45, 7) is 6.01. The van der Waals surface area contributed by atoms with Crippen molar-refractivity contribution in [2.45, 2.75) is 45.3 Å². The Hall–Kier alpha value is -3.37. The van der Waals surface area contributed by atoms with Gasteiger partial charge in [-0.05, 0) is 97.5 Å². The number of hydrogen-bond acceptors (Lipinski definition) is 6. The molecular weight excluding hydrogens is 461 g/mol. The maximum absolute atomic E-state index is 13.2. The fourth-order valence-corrected chi connectivity index (χ4v) is 4.79. The quantitative estimate of drug-likeness (QED) is 0.443. The molecule has 10 heteroatoms. The molecule has 0 saturated carbocycles. The third kappa shape index (κ3) is 6.86. The van der Waals surface area contributed by atoms with Crippen LogP contribution in [0.4, 0.5) is 14.9 Å². The van der Waals surface area contributed by atoms with Crippen LogP contribution < -0.4 is 10.6 Å². The van der Waals surface area contributed by atoms with Gasteiger partial charge in [0.25, 0.3) is 0 Å². The predicted molar refractivity (Wildman–Crippen MR) is 136 cm³/mol. The maximum atomic E-state index is 13.2. The second kappa shape index (κ2) is 11.6. The molecule has 192 valence electrons. The molecule has 2 amide bonds. The average Bonchev–Trinajstić information content (AvgIpc) is 3.26.